The standard InChI is InChI=1S/C14H11N3OS.ClH/c18-13-11-6-1-2-7-12(11)16-14(17-13)19-9-10-5-3-4-8-15-10;/h1-8H,9H2,(H,16,17,18);1H. The Labute approximate surface area is 126 Å². The maximum Gasteiger partial charge on any atom is 0.259 e. The maximum atomic E-state index is 11.9. The van der Waals surface area contributed by atoms with E-state index in [1.807, 2.05) is 36.4 Å². The molecule has 0 aliphatic heterocycles. The van der Waals surface area contributed by atoms with Crippen LogP contribution in [-0.2, 0) is 5.75 Å². The SMILES string of the molecule is Cl.O=c1[nH]c(SCc2ccccn2)nc2ccccc12. The minimum atomic E-state index is -0.103. The highest BCUT2D eigenvalue weighted by Crippen LogP contribution is 2.18. The van der Waals surface area contributed by atoms with Crippen LogP contribution in [0.1, 0.15) is 5.69 Å². The lowest BCUT2D eigenvalue weighted by molar-refractivity contribution is 0.972. The van der Waals surface area contributed by atoms with E-state index in [1.54, 1.807) is 12.3 Å². The average Bonchev–Trinajstić information content (AvgIpc) is 2.46. The topological polar surface area (TPSA) is 58.6 Å². The van der Waals surface area contributed by atoms with Gasteiger partial charge in [-0.15, -0.1) is 12.4 Å². The van der Waals surface area contributed by atoms with E-state index in [1.165, 1.54) is 11.8 Å². The highest BCUT2D eigenvalue weighted by molar-refractivity contribution is 7.98. The van der Waals surface area contributed by atoms with Gasteiger partial charge in [-0.3, -0.25) is 9.78 Å². The van der Waals surface area contributed by atoms with E-state index in [-0.39, 0.29) is 18.0 Å². The van der Waals surface area contributed by atoms with Gasteiger partial charge in [0.05, 0.1) is 16.6 Å². The van der Waals surface area contributed by atoms with Crippen LogP contribution in [0, 0.1) is 0 Å². The van der Waals surface area contributed by atoms with Crippen molar-refractivity contribution in [3.63, 3.8) is 0 Å². The molecule has 0 amide bonds. The molecular formula is C14H12ClN3OS. The predicted molar refractivity (Wildman–Crippen MR) is 83.4 cm³/mol. The van der Waals surface area contributed by atoms with Gasteiger partial charge in [0.1, 0.15) is 0 Å². The number of nitrogens with one attached hydrogen (secondary N) is 1. The minimum Gasteiger partial charge on any atom is -0.301 e. The Hall–Kier alpha value is -1.85. The molecule has 0 unspecified atom stereocenters. The lowest BCUT2D eigenvalue weighted by atomic mass is 10.2. The molecule has 0 aliphatic rings. The molecule has 4 nitrogen and oxygen atoms in total. The molecule has 20 heavy (non-hydrogen) atoms. The molecule has 3 rings (SSSR count). The summed E-state index contributed by atoms with van der Waals surface area (Å²) in [6.45, 7) is 0. The molecule has 2 heterocycles. The minimum absolute atomic E-state index is 0. The van der Waals surface area contributed by atoms with E-state index in [4.69, 9.17) is 0 Å². The van der Waals surface area contributed by atoms with Crippen LogP contribution in [-0.4, -0.2) is 15.0 Å². The number of halogens is 1. The molecule has 0 radical (unpaired) electrons. The zero-order chi connectivity index (χ0) is 13.1. The summed E-state index contributed by atoms with van der Waals surface area (Å²) in [5.41, 5.74) is 1.58. The highest BCUT2D eigenvalue weighted by Gasteiger charge is 2.04. The molecule has 0 spiro atoms. The van der Waals surface area contributed by atoms with Crippen LogP contribution >= 0.6 is 24.2 Å². The van der Waals surface area contributed by atoms with Gasteiger partial charge in [0, 0.05) is 11.9 Å². The van der Waals surface area contributed by atoms with Crippen molar-refractivity contribution in [1.82, 2.24) is 15.0 Å². The molecule has 0 saturated heterocycles. The number of para-hydroxylation sites is 1. The second-order valence-electron chi connectivity index (χ2n) is 4.00. The van der Waals surface area contributed by atoms with Crippen LogP contribution in [0.2, 0.25) is 0 Å². The van der Waals surface area contributed by atoms with Crippen LogP contribution in [0.15, 0.2) is 58.6 Å². The van der Waals surface area contributed by atoms with Gasteiger partial charge in [-0.1, -0.05) is 30.0 Å². The van der Waals surface area contributed by atoms with Crippen molar-refractivity contribution in [2.24, 2.45) is 0 Å². The lowest BCUT2D eigenvalue weighted by Gasteiger charge is -2.02. The number of hydrogen-bond acceptors (Lipinski definition) is 4. The summed E-state index contributed by atoms with van der Waals surface area (Å²) in [7, 11) is 0. The van der Waals surface area contributed by atoms with E-state index in [0.717, 1.165) is 11.2 Å². The second kappa shape index (κ2) is 6.54. The van der Waals surface area contributed by atoms with Gasteiger partial charge >= 0.3 is 0 Å². The summed E-state index contributed by atoms with van der Waals surface area (Å²) < 4.78 is 0. The first kappa shape index (κ1) is 14.6. The molecule has 0 bridgehead atoms. The third-order valence-corrected chi connectivity index (χ3v) is 3.58. The third kappa shape index (κ3) is 3.18. The van der Waals surface area contributed by atoms with E-state index in [0.29, 0.717) is 16.3 Å². The Morgan fingerprint density at radius 1 is 1.10 bits per heavy atom. The summed E-state index contributed by atoms with van der Waals surface area (Å²) in [6.07, 6.45) is 1.76. The molecule has 0 fully saturated rings. The largest absolute Gasteiger partial charge is 0.301 e. The van der Waals surface area contributed by atoms with Crippen molar-refractivity contribution < 1.29 is 0 Å². The number of rotatable bonds is 3. The van der Waals surface area contributed by atoms with Crippen LogP contribution < -0.4 is 5.56 Å². The van der Waals surface area contributed by atoms with Gasteiger partial charge < -0.3 is 4.98 Å². The Balaban J connectivity index is 0.00000147. The van der Waals surface area contributed by atoms with E-state index in [2.05, 4.69) is 15.0 Å². The van der Waals surface area contributed by atoms with Crippen LogP contribution in [0.3, 0.4) is 0 Å². The predicted octanol–water partition coefficient (Wildman–Crippen LogP) is 3.03. The smallest absolute Gasteiger partial charge is 0.259 e. The summed E-state index contributed by atoms with van der Waals surface area (Å²) in [5.74, 6) is 0.683. The summed E-state index contributed by atoms with van der Waals surface area (Å²) in [4.78, 5) is 23.3. The second-order valence-corrected chi connectivity index (χ2v) is 4.96. The summed E-state index contributed by atoms with van der Waals surface area (Å²) >= 11 is 1.47. The zero-order valence-corrected chi connectivity index (χ0v) is 12.1. The van der Waals surface area contributed by atoms with E-state index in [9.17, 15) is 4.79 Å². The number of hydrogen-bond donors (Lipinski definition) is 1. The number of H-pyrrole nitrogens is 1. The van der Waals surface area contributed by atoms with Crippen LogP contribution in [0.4, 0.5) is 0 Å². The monoisotopic (exact) mass is 305 g/mol. The van der Waals surface area contributed by atoms with Crippen molar-refractivity contribution in [1.29, 1.82) is 0 Å². The van der Waals surface area contributed by atoms with Gasteiger partial charge in [-0.25, -0.2) is 4.98 Å². The Kier molecular flexibility index (Phi) is 4.76. The number of pyridine rings is 1. The fraction of sp³-hybridized carbons (Fsp3) is 0.0714. The van der Waals surface area contributed by atoms with Crippen molar-refractivity contribution in [2.75, 3.05) is 0 Å². The molecule has 2 aromatic heterocycles. The van der Waals surface area contributed by atoms with Crippen molar-refractivity contribution in [3.8, 4) is 0 Å². The number of benzene rings is 1. The zero-order valence-electron chi connectivity index (χ0n) is 10.4. The number of thioether (sulfide) groups is 1. The summed E-state index contributed by atoms with van der Waals surface area (Å²) in [6, 6.07) is 13.1. The normalized spacial score (nSPS) is 10.2. The van der Waals surface area contributed by atoms with Crippen LogP contribution in [0.25, 0.3) is 10.9 Å². The molecule has 3 aromatic rings. The average molecular weight is 306 g/mol. The number of aromatic amines is 1. The summed E-state index contributed by atoms with van der Waals surface area (Å²) in [5, 5.41) is 1.24. The first-order valence-corrected chi connectivity index (χ1v) is 6.83. The fourth-order valence-corrected chi connectivity index (χ4v) is 2.54. The first-order valence-electron chi connectivity index (χ1n) is 5.85. The van der Waals surface area contributed by atoms with Gasteiger partial charge in [0.15, 0.2) is 5.16 Å². The van der Waals surface area contributed by atoms with Gasteiger partial charge in [-0.2, -0.15) is 0 Å². The first-order chi connectivity index (χ1) is 9.33. The van der Waals surface area contributed by atoms with Gasteiger partial charge in [0.2, 0.25) is 0 Å². The van der Waals surface area contributed by atoms with Crippen molar-refractivity contribution in [2.45, 2.75) is 10.9 Å². The Morgan fingerprint density at radius 2 is 1.90 bits per heavy atom. The number of aromatic nitrogens is 3. The molecule has 1 aromatic carbocycles. The molecule has 0 saturated carbocycles. The van der Waals surface area contributed by atoms with Crippen molar-refractivity contribution in [3.05, 3.63) is 64.7 Å². The third-order valence-electron chi connectivity index (χ3n) is 2.67. The molecule has 0 atom stereocenters. The molecule has 0 aliphatic carbocycles. The Bertz CT molecular complexity index is 761. The quantitative estimate of drug-likeness (QED) is 0.597. The van der Waals surface area contributed by atoms with Gasteiger partial charge in [0.25, 0.3) is 5.56 Å². The number of fused-ring (bicyclic) bond motifs is 1. The molecule has 102 valence electrons. The van der Waals surface area contributed by atoms with Crippen molar-refractivity contribution >= 4 is 35.1 Å². The van der Waals surface area contributed by atoms with E-state index < -0.39 is 0 Å². The molecule has 6 heteroatoms. The molecular weight excluding hydrogens is 294 g/mol. The van der Waals surface area contributed by atoms with Gasteiger partial charge in [-0.05, 0) is 24.3 Å². The highest BCUT2D eigenvalue weighted by atomic mass is 35.5. The van der Waals surface area contributed by atoms with E-state index >= 15 is 0 Å². The lowest BCUT2D eigenvalue weighted by Crippen LogP contribution is -2.08. The Morgan fingerprint density at radius 3 is 2.70 bits per heavy atom. The maximum absolute atomic E-state index is 11.9. The molecule has 1 N–H and O–H groups in total. The van der Waals surface area contributed by atoms with Crippen LogP contribution in [0.5, 0.6) is 0 Å². The number of nitrogens with zero attached hydrogens (tertiary/aromatic N) is 2. The fourth-order valence-electron chi connectivity index (χ4n) is 1.76.